The van der Waals surface area contributed by atoms with E-state index >= 15 is 0 Å². The van der Waals surface area contributed by atoms with Crippen LogP contribution >= 0.6 is 0 Å². The third-order valence-electron chi connectivity index (χ3n) is 5.33. The number of rotatable bonds is 4. The molecule has 1 aliphatic carbocycles. The van der Waals surface area contributed by atoms with E-state index < -0.39 is 0 Å². The minimum absolute atomic E-state index is 0.0795. The van der Waals surface area contributed by atoms with E-state index in [9.17, 15) is 5.11 Å². The van der Waals surface area contributed by atoms with Crippen molar-refractivity contribution in [1.82, 2.24) is 10.2 Å². The fourth-order valence-corrected chi connectivity index (χ4v) is 3.84. The third kappa shape index (κ3) is 4.53. The van der Waals surface area contributed by atoms with Crippen LogP contribution in [0.15, 0.2) is 29.3 Å². The molecule has 0 bridgehead atoms. The normalized spacial score (nSPS) is 27.6. The van der Waals surface area contributed by atoms with Crippen LogP contribution in [-0.2, 0) is 4.74 Å². The number of morpholine rings is 1. The minimum Gasteiger partial charge on any atom is -0.393 e. The van der Waals surface area contributed by atoms with Crippen LogP contribution in [0.25, 0.3) is 0 Å². The van der Waals surface area contributed by atoms with Crippen LogP contribution in [0.3, 0.4) is 0 Å². The van der Waals surface area contributed by atoms with Crippen molar-refractivity contribution in [2.24, 2.45) is 10.9 Å². The van der Waals surface area contributed by atoms with Crippen LogP contribution in [-0.4, -0.2) is 54.9 Å². The van der Waals surface area contributed by atoms with Gasteiger partial charge in [0.2, 0.25) is 0 Å². The molecule has 2 fully saturated rings. The van der Waals surface area contributed by atoms with Crippen LogP contribution in [0, 0.1) is 12.8 Å². The predicted molar refractivity (Wildman–Crippen MR) is 101 cm³/mol. The molecule has 0 amide bonds. The van der Waals surface area contributed by atoms with Gasteiger partial charge in [0.15, 0.2) is 5.96 Å². The van der Waals surface area contributed by atoms with Gasteiger partial charge in [-0.2, -0.15) is 0 Å². The number of ether oxygens (including phenoxy) is 1. The summed E-state index contributed by atoms with van der Waals surface area (Å²) < 4.78 is 6.03. The first-order valence-electron chi connectivity index (χ1n) is 9.57. The van der Waals surface area contributed by atoms with E-state index in [-0.39, 0.29) is 12.2 Å². The van der Waals surface area contributed by atoms with E-state index in [0.29, 0.717) is 19.1 Å². The molecule has 138 valence electrons. The van der Waals surface area contributed by atoms with Crippen LogP contribution in [0.2, 0.25) is 0 Å². The maximum Gasteiger partial charge on any atom is 0.194 e. The van der Waals surface area contributed by atoms with Gasteiger partial charge >= 0.3 is 0 Å². The number of aryl methyl sites for hydroxylation is 1. The Morgan fingerprint density at radius 2 is 2.20 bits per heavy atom. The summed E-state index contributed by atoms with van der Waals surface area (Å²) in [6, 6.07) is 8.43. The van der Waals surface area contributed by atoms with Gasteiger partial charge in [-0.05, 0) is 37.8 Å². The van der Waals surface area contributed by atoms with Gasteiger partial charge < -0.3 is 20.1 Å². The number of aliphatic hydroxyl groups is 1. The van der Waals surface area contributed by atoms with Crippen molar-refractivity contribution in [3.8, 4) is 0 Å². The van der Waals surface area contributed by atoms with Gasteiger partial charge in [-0.3, -0.25) is 4.99 Å². The zero-order valence-corrected chi connectivity index (χ0v) is 15.4. The highest BCUT2D eigenvalue weighted by molar-refractivity contribution is 5.80. The van der Waals surface area contributed by atoms with E-state index in [1.807, 2.05) is 0 Å². The zero-order chi connectivity index (χ0) is 17.6. The number of aliphatic imine (C=N–C) groups is 1. The number of hydrogen-bond acceptors (Lipinski definition) is 3. The molecule has 5 nitrogen and oxygen atoms in total. The van der Waals surface area contributed by atoms with E-state index in [1.165, 1.54) is 11.1 Å². The molecule has 3 rings (SSSR count). The highest BCUT2D eigenvalue weighted by atomic mass is 16.5. The van der Waals surface area contributed by atoms with Gasteiger partial charge in [0, 0.05) is 25.6 Å². The first-order chi connectivity index (χ1) is 12.2. The molecular formula is C20H31N3O2. The molecule has 1 heterocycles. The Balaban J connectivity index is 1.69. The largest absolute Gasteiger partial charge is 0.393 e. The van der Waals surface area contributed by atoms with Crippen molar-refractivity contribution >= 4 is 5.96 Å². The number of guanidine groups is 1. The molecule has 1 aliphatic heterocycles. The SMILES string of the molecule is CCNC(=NCC1CCCC1O)N1CCOC(c2ccccc2C)C1. The number of hydrogen-bond donors (Lipinski definition) is 2. The molecule has 1 saturated heterocycles. The molecule has 1 saturated carbocycles. The Morgan fingerprint density at radius 1 is 1.36 bits per heavy atom. The quantitative estimate of drug-likeness (QED) is 0.650. The average molecular weight is 345 g/mol. The molecule has 1 aromatic carbocycles. The number of nitrogens with one attached hydrogen (secondary N) is 1. The van der Waals surface area contributed by atoms with Crippen molar-refractivity contribution in [2.45, 2.75) is 45.3 Å². The van der Waals surface area contributed by atoms with E-state index in [0.717, 1.165) is 44.9 Å². The van der Waals surface area contributed by atoms with Crippen LogP contribution in [0.1, 0.15) is 43.4 Å². The molecule has 3 unspecified atom stereocenters. The topological polar surface area (TPSA) is 57.1 Å². The predicted octanol–water partition coefficient (Wildman–Crippen LogP) is 2.49. The molecule has 0 spiro atoms. The maximum atomic E-state index is 10.0. The molecule has 3 atom stereocenters. The Kier molecular flexibility index (Phi) is 6.32. The summed E-state index contributed by atoms with van der Waals surface area (Å²) in [5.41, 5.74) is 2.53. The summed E-state index contributed by atoms with van der Waals surface area (Å²) in [7, 11) is 0. The van der Waals surface area contributed by atoms with Gasteiger partial charge in [0.05, 0.1) is 19.3 Å². The Bertz CT molecular complexity index is 590. The molecule has 25 heavy (non-hydrogen) atoms. The lowest BCUT2D eigenvalue weighted by Crippen LogP contribution is -2.48. The smallest absolute Gasteiger partial charge is 0.194 e. The van der Waals surface area contributed by atoms with Gasteiger partial charge in [0.25, 0.3) is 0 Å². The van der Waals surface area contributed by atoms with Gasteiger partial charge in [0.1, 0.15) is 6.10 Å². The molecule has 5 heteroatoms. The first kappa shape index (κ1) is 18.2. The lowest BCUT2D eigenvalue weighted by atomic mass is 10.0. The van der Waals surface area contributed by atoms with Gasteiger partial charge in [-0.25, -0.2) is 0 Å². The highest BCUT2D eigenvalue weighted by Crippen LogP contribution is 2.27. The molecule has 0 aromatic heterocycles. The van der Waals surface area contributed by atoms with E-state index in [1.54, 1.807) is 0 Å². The standard InChI is InChI=1S/C20H31N3O2/c1-3-21-20(22-13-16-8-6-10-18(16)24)23-11-12-25-19(14-23)17-9-5-4-7-15(17)2/h4-5,7,9,16,18-19,24H,3,6,8,10-14H2,1-2H3,(H,21,22). The fourth-order valence-electron chi connectivity index (χ4n) is 3.84. The van der Waals surface area contributed by atoms with Crippen molar-refractivity contribution in [3.63, 3.8) is 0 Å². The van der Waals surface area contributed by atoms with Gasteiger partial charge in [-0.15, -0.1) is 0 Å². The van der Waals surface area contributed by atoms with Crippen molar-refractivity contribution in [2.75, 3.05) is 32.8 Å². The lowest BCUT2D eigenvalue weighted by Gasteiger charge is -2.36. The molecular weight excluding hydrogens is 314 g/mol. The number of aliphatic hydroxyl groups excluding tert-OH is 1. The van der Waals surface area contributed by atoms with Crippen molar-refractivity contribution in [3.05, 3.63) is 35.4 Å². The molecule has 2 aliphatic rings. The zero-order valence-electron chi connectivity index (χ0n) is 15.4. The van der Waals surface area contributed by atoms with Gasteiger partial charge in [-0.1, -0.05) is 30.7 Å². The van der Waals surface area contributed by atoms with Crippen LogP contribution in [0.5, 0.6) is 0 Å². The van der Waals surface area contributed by atoms with E-state index in [4.69, 9.17) is 9.73 Å². The Hall–Kier alpha value is -1.59. The molecule has 0 radical (unpaired) electrons. The first-order valence-corrected chi connectivity index (χ1v) is 9.57. The molecule has 2 N–H and O–H groups in total. The van der Waals surface area contributed by atoms with E-state index in [2.05, 4.69) is 48.3 Å². The second-order valence-electron chi connectivity index (χ2n) is 7.11. The number of benzene rings is 1. The Labute approximate surface area is 151 Å². The van der Waals surface area contributed by atoms with Crippen LogP contribution < -0.4 is 5.32 Å². The van der Waals surface area contributed by atoms with Crippen LogP contribution in [0.4, 0.5) is 0 Å². The fraction of sp³-hybridized carbons (Fsp3) is 0.650. The highest BCUT2D eigenvalue weighted by Gasteiger charge is 2.27. The summed E-state index contributed by atoms with van der Waals surface area (Å²) in [5, 5.41) is 13.5. The summed E-state index contributed by atoms with van der Waals surface area (Å²) in [4.78, 5) is 7.13. The summed E-state index contributed by atoms with van der Waals surface area (Å²) in [6.07, 6.45) is 3.01. The summed E-state index contributed by atoms with van der Waals surface area (Å²) >= 11 is 0. The minimum atomic E-state index is -0.184. The second-order valence-corrected chi connectivity index (χ2v) is 7.11. The molecule has 1 aromatic rings. The third-order valence-corrected chi connectivity index (χ3v) is 5.33. The summed E-state index contributed by atoms with van der Waals surface area (Å²) in [5.74, 6) is 1.25. The van der Waals surface area contributed by atoms with Crippen molar-refractivity contribution in [1.29, 1.82) is 0 Å². The van der Waals surface area contributed by atoms with Crippen molar-refractivity contribution < 1.29 is 9.84 Å². The Morgan fingerprint density at radius 3 is 2.92 bits per heavy atom. The summed E-state index contributed by atoms with van der Waals surface area (Å²) in [6.45, 7) is 8.15. The second kappa shape index (κ2) is 8.68. The monoisotopic (exact) mass is 345 g/mol. The average Bonchev–Trinajstić information content (AvgIpc) is 3.04. The number of nitrogens with zero attached hydrogens (tertiary/aromatic N) is 2. The maximum absolute atomic E-state index is 10.0. The lowest BCUT2D eigenvalue weighted by molar-refractivity contribution is -0.00839.